The summed E-state index contributed by atoms with van der Waals surface area (Å²) in [5, 5.41) is 1.69. The Hall–Kier alpha value is -2.86. The van der Waals surface area contributed by atoms with E-state index in [9.17, 15) is 9.59 Å². The molecule has 2 heterocycles. The van der Waals surface area contributed by atoms with Crippen LogP contribution >= 0.6 is 11.8 Å². The molecule has 6 heteroatoms. The predicted molar refractivity (Wildman–Crippen MR) is 114 cm³/mol. The van der Waals surface area contributed by atoms with Gasteiger partial charge in [-0.3, -0.25) is 14.2 Å². The Morgan fingerprint density at radius 2 is 1.71 bits per heavy atom. The molecule has 0 bridgehead atoms. The number of para-hydroxylation sites is 2. The van der Waals surface area contributed by atoms with Gasteiger partial charge in [-0.2, -0.15) is 0 Å². The van der Waals surface area contributed by atoms with Crippen molar-refractivity contribution in [3.05, 3.63) is 70.6 Å². The molecule has 0 amide bonds. The number of hydrogen-bond donors (Lipinski definition) is 1. The first-order valence-electron chi connectivity index (χ1n) is 9.25. The fourth-order valence-corrected chi connectivity index (χ4v) is 4.48. The zero-order chi connectivity index (χ0) is 19.8. The first-order chi connectivity index (χ1) is 13.5. The Kier molecular flexibility index (Phi) is 4.81. The second-order valence-electron chi connectivity index (χ2n) is 7.05. The minimum Gasteiger partial charge on any atom is -0.360 e. The zero-order valence-corrected chi connectivity index (χ0v) is 16.8. The van der Waals surface area contributed by atoms with Gasteiger partial charge in [-0.15, -0.1) is 0 Å². The number of nitrogens with one attached hydrogen (secondary N) is 1. The number of rotatable bonds is 5. The Morgan fingerprint density at radius 3 is 2.46 bits per heavy atom. The van der Waals surface area contributed by atoms with E-state index in [1.165, 1.54) is 11.8 Å². The van der Waals surface area contributed by atoms with Gasteiger partial charge in [-0.1, -0.05) is 42.1 Å². The number of fused-ring (bicyclic) bond motifs is 2. The lowest BCUT2D eigenvalue weighted by molar-refractivity contribution is 0.0995. The lowest BCUT2D eigenvalue weighted by atomic mass is 10.1. The molecule has 0 fully saturated rings. The van der Waals surface area contributed by atoms with Crippen molar-refractivity contribution in [1.29, 1.82) is 0 Å². The van der Waals surface area contributed by atoms with E-state index in [0.717, 1.165) is 10.9 Å². The van der Waals surface area contributed by atoms with Gasteiger partial charge in [0.2, 0.25) is 0 Å². The molecule has 4 rings (SSSR count). The maximum absolute atomic E-state index is 13.1. The third-order valence-electron chi connectivity index (χ3n) is 4.80. The van der Waals surface area contributed by atoms with Crippen molar-refractivity contribution >= 4 is 39.4 Å². The van der Waals surface area contributed by atoms with E-state index >= 15 is 0 Å². The summed E-state index contributed by atoms with van der Waals surface area (Å²) in [7, 11) is 0. The monoisotopic (exact) mass is 391 g/mol. The molecule has 5 nitrogen and oxygen atoms in total. The number of nitrogens with zero attached hydrogens (tertiary/aromatic N) is 2. The van der Waals surface area contributed by atoms with Gasteiger partial charge in [0.05, 0.1) is 16.2 Å². The Balaban J connectivity index is 1.74. The maximum Gasteiger partial charge on any atom is 0.262 e. The largest absolute Gasteiger partial charge is 0.360 e. The van der Waals surface area contributed by atoms with Gasteiger partial charge >= 0.3 is 0 Å². The van der Waals surface area contributed by atoms with E-state index in [-0.39, 0.29) is 22.6 Å². The SMILES string of the molecule is CC(C)n1c(S[C@@H](C)C(=O)c2c[nH]c3ccccc23)nc2ccccc2c1=O. The molecule has 0 spiro atoms. The number of aromatic nitrogens is 3. The molecular formula is C22H21N3O2S. The highest BCUT2D eigenvalue weighted by Crippen LogP contribution is 2.29. The molecule has 0 saturated carbocycles. The highest BCUT2D eigenvalue weighted by molar-refractivity contribution is 8.00. The summed E-state index contributed by atoms with van der Waals surface area (Å²) in [5.74, 6) is 0.0140. The van der Waals surface area contributed by atoms with E-state index < -0.39 is 0 Å². The van der Waals surface area contributed by atoms with E-state index in [1.54, 1.807) is 16.8 Å². The molecular weight excluding hydrogens is 370 g/mol. The van der Waals surface area contributed by atoms with Crippen LogP contribution in [-0.4, -0.2) is 25.6 Å². The van der Waals surface area contributed by atoms with Gasteiger partial charge < -0.3 is 4.98 Å². The highest BCUT2D eigenvalue weighted by atomic mass is 32.2. The molecule has 2 aromatic carbocycles. The van der Waals surface area contributed by atoms with Gasteiger partial charge in [-0.25, -0.2) is 4.98 Å². The summed E-state index contributed by atoms with van der Waals surface area (Å²) >= 11 is 1.33. The Morgan fingerprint density at radius 1 is 1.04 bits per heavy atom. The van der Waals surface area contributed by atoms with E-state index in [4.69, 9.17) is 0 Å². The van der Waals surface area contributed by atoms with Gasteiger partial charge in [0.25, 0.3) is 5.56 Å². The molecule has 0 aliphatic carbocycles. The molecule has 28 heavy (non-hydrogen) atoms. The van der Waals surface area contributed by atoms with Crippen molar-refractivity contribution in [3.8, 4) is 0 Å². The number of ketones is 1. The molecule has 0 unspecified atom stereocenters. The van der Waals surface area contributed by atoms with Crippen molar-refractivity contribution < 1.29 is 4.79 Å². The standard InChI is InChI=1S/C22H21N3O2S/c1-13(2)25-21(27)16-9-5-7-11-19(16)24-22(25)28-14(3)20(26)17-12-23-18-10-6-4-8-15(17)18/h4-14,23H,1-3H3/t14-/m0/s1. The number of benzene rings is 2. The summed E-state index contributed by atoms with van der Waals surface area (Å²) in [6, 6.07) is 15.0. The average Bonchev–Trinajstić information content (AvgIpc) is 3.11. The summed E-state index contributed by atoms with van der Waals surface area (Å²) < 4.78 is 1.67. The molecule has 0 radical (unpaired) electrons. The van der Waals surface area contributed by atoms with Crippen LogP contribution in [0, 0.1) is 0 Å². The van der Waals surface area contributed by atoms with Crippen LogP contribution in [0.2, 0.25) is 0 Å². The fourth-order valence-electron chi connectivity index (χ4n) is 3.37. The third kappa shape index (κ3) is 3.14. The summed E-state index contributed by atoms with van der Waals surface area (Å²) in [4.78, 5) is 33.9. The van der Waals surface area contributed by atoms with Crippen molar-refractivity contribution in [2.75, 3.05) is 0 Å². The molecule has 142 valence electrons. The van der Waals surface area contributed by atoms with Crippen LogP contribution in [0.4, 0.5) is 0 Å². The first-order valence-corrected chi connectivity index (χ1v) is 10.1. The van der Waals surface area contributed by atoms with Crippen LogP contribution in [0.5, 0.6) is 0 Å². The lowest BCUT2D eigenvalue weighted by Crippen LogP contribution is -2.26. The molecule has 0 aliphatic heterocycles. The summed E-state index contributed by atoms with van der Waals surface area (Å²) in [6.45, 7) is 5.77. The van der Waals surface area contributed by atoms with Crippen LogP contribution in [-0.2, 0) is 0 Å². The highest BCUT2D eigenvalue weighted by Gasteiger charge is 2.23. The number of carbonyl (C=O) groups is 1. The minimum atomic E-state index is -0.378. The molecule has 1 atom stereocenters. The number of thioether (sulfide) groups is 1. The van der Waals surface area contributed by atoms with Crippen LogP contribution in [0.25, 0.3) is 21.8 Å². The third-order valence-corrected chi connectivity index (χ3v) is 5.86. The Labute approximate surface area is 166 Å². The minimum absolute atomic E-state index is 0.0140. The Bertz CT molecular complexity index is 1240. The predicted octanol–water partition coefficient (Wildman–Crippen LogP) is 4.82. The number of H-pyrrole nitrogens is 1. The molecule has 0 aliphatic rings. The van der Waals surface area contributed by atoms with E-state index in [0.29, 0.717) is 21.6 Å². The van der Waals surface area contributed by atoms with Crippen LogP contribution in [0.3, 0.4) is 0 Å². The van der Waals surface area contributed by atoms with Gasteiger partial charge in [0.1, 0.15) is 0 Å². The first kappa shape index (κ1) is 18.5. The number of aromatic amines is 1. The number of carbonyl (C=O) groups excluding carboxylic acids is 1. The van der Waals surface area contributed by atoms with E-state index in [2.05, 4.69) is 9.97 Å². The van der Waals surface area contributed by atoms with Crippen LogP contribution < -0.4 is 5.56 Å². The average molecular weight is 391 g/mol. The fraction of sp³-hybridized carbons (Fsp3) is 0.227. The molecule has 2 aromatic heterocycles. The molecule has 4 aromatic rings. The second kappa shape index (κ2) is 7.28. The van der Waals surface area contributed by atoms with E-state index in [1.807, 2.05) is 63.2 Å². The van der Waals surface area contributed by atoms with Crippen molar-refractivity contribution in [3.63, 3.8) is 0 Å². The van der Waals surface area contributed by atoms with Crippen molar-refractivity contribution in [2.45, 2.75) is 37.2 Å². The van der Waals surface area contributed by atoms with Crippen molar-refractivity contribution in [2.24, 2.45) is 0 Å². The molecule has 0 saturated heterocycles. The van der Waals surface area contributed by atoms with Gasteiger partial charge in [-0.05, 0) is 39.0 Å². The summed E-state index contributed by atoms with van der Waals surface area (Å²) in [5.41, 5.74) is 2.18. The lowest BCUT2D eigenvalue weighted by Gasteiger charge is -2.18. The van der Waals surface area contributed by atoms with Crippen LogP contribution in [0.1, 0.15) is 37.2 Å². The van der Waals surface area contributed by atoms with Gasteiger partial charge in [0, 0.05) is 28.7 Å². The second-order valence-corrected chi connectivity index (χ2v) is 8.36. The number of hydrogen-bond acceptors (Lipinski definition) is 4. The quantitative estimate of drug-likeness (QED) is 0.301. The summed E-state index contributed by atoms with van der Waals surface area (Å²) in [6.07, 6.45) is 1.76. The normalized spacial score (nSPS) is 12.7. The molecule has 1 N–H and O–H groups in total. The van der Waals surface area contributed by atoms with Crippen molar-refractivity contribution in [1.82, 2.24) is 14.5 Å². The smallest absolute Gasteiger partial charge is 0.262 e. The zero-order valence-electron chi connectivity index (χ0n) is 16.0. The van der Waals surface area contributed by atoms with Crippen LogP contribution in [0.15, 0.2) is 64.7 Å². The maximum atomic E-state index is 13.1. The van der Waals surface area contributed by atoms with Gasteiger partial charge in [0.15, 0.2) is 10.9 Å². The topological polar surface area (TPSA) is 67.8 Å². The number of Topliss-reactive ketones (excluding diaryl/α,β-unsaturated/α-hetero) is 1.